The third-order valence-corrected chi connectivity index (χ3v) is 4.22. The van der Waals surface area contributed by atoms with Gasteiger partial charge in [0.2, 0.25) is 0 Å². The quantitative estimate of drug-likeness (QED) is 0.927. The molecule has 0 radical (unpaired) electrons. The SMILES string of the molecule is Cc1ccc(OC(c2cncc(F)c2)C2CCNC2)c(Cl)c1. The molecule has 3 rings (SSSR count). The van der Waals surface area contributed by atoms with Crippen LogP contribution in [0.3, 0.4) is 0 Å². The summed E-state index contributed by atoms with van der Waals surface area (Å²) in [4.78, 5) is 3.95. The number of nitrogens with zero attached hydrogens (tertiary/aromatic N) is 1. The van der Waals surface area contributed by atoms with E-state index < -0.39 is 0 Å². The van der Waals surface area contributed by atoms with Gasteiger partial charge in [-0.05, 0) is 43.7 Å². The molecule has 22 heavy (non-hydrogen) atoms. The molecule has 116 valence electrons. The lowest BCUT2D eigenvalue weighted by atomic mass is 9.96. The molecule has 3 nitrogen and oxygen atoms in total. The van der Waals surface area contributed by atoms with Gasteiger partial charge in [0.25, 0.3) is 0 Å². The van der Waals surface area contributed by atoms with E-state index in [9.17, 15) is 4.39 Å². The van der Waals surface area contributed by atoms with Gasteiger partial charge in [0.1, 0.15) is 17.7 Å². The predicted octanol–water partition coefficient (Wildman–Crippen LogP) is 3.91. The Labute approximate surface area is 134 Å². The maximum absolute atomic E-state index is 13.5. The Balaban J connectivity index is 1.91. The minimum Gasteiger partial charge on any atom is -0.484 e. The Morgan fingerprint density at radius 2 is 2.23 bits per heavy atom. The molecular weight excluding hydrogens is 303 g/mol. The van der Waals surface area contributed by atoms with Crippen molar-refractivity contribution in [1.29, 1.82) is 0 Å². The third kappa shape index (κ3) is 3.39. The molecule has 2 atom stereocenters. The van der Waals surface area contributed by atoms with Crippen LogP contribution in [-0.4, -0.2) is 18.1 Å². The molecule has 0 amide bonds. The summed E-state index contributed by atoms with van der Waals surface area (Å²) in [5.74, 6) is 0.529. The van der Waals surface area contributed by atoms with Crippen LogP contribution in [0.25, 0.3) is 0 Å². The Bertz CT molecular complexity index is 659. The first kappa shape index (κ1) is 15.3. The molecule has 2 heterocycles. The number of rotatable bonds is 4. The fourth-order valence-corrected chi connectivity index (χ4v) is 3.07. The van der Waals surface area contributed by atoms with Gasteiger partial charge in [0.15, 0.2) is 0 Å². The Kier molecular flexibility index (Phi) is 4.60. The molecule has 1 fully saturated rings. The van der Waals surface area contributed by atoms with E-state index in [1.807, 2.05) is 25.1 Å². The number of benzene rings is 1. The highest BCUT2D eigenvalue weighted by Gasteiger charge is 2.29. The third-order valence-electron chi connectivity index (χ3n) is 3.92. The second kappa shape index (κ2) is 6.63. The molecule has 5 heteroatoms. The topological polar surface area (TPSA) is 34.1 Å². The van der Waals surface area contributed by atoms with Crippen LogP contribution in [0, 0.1) is 18.7 Å². The van der Waals surface area contributed by atoms with Gasteiger partial charge in [0.05, 0.1) is 11.2 Å². The summed E-state index contributed by atoms with van der Waals surface area (Å²) in [6, 6.07) is 7.16. The van der Waals surface area contributed by atoms with Crippen LogP contribution < -0.4 is 10.1 Å². The summed E-state index contributed by atoms with van der Waals surface area (Å²) < 4.78 is 19.7. The van der Waals surface area contributed by atoms with Gasteiger partial charge in [-0.3, -0.25) is 4.98 Å². The minimum absolute atomic E-state index is 0.265. The fraction of sp³-hybridized carbons (Fsp3) is 0.353. The number of aryl methyl sites for hydroxylation is 1. The maximum atomic E-state index is 13.5. The number of ether oxygens (including phenoxy) is 1. The van der Waals surface area contributed by atoms with Gasteiger partial charge < -0.3 is 10.1 Å². The fourth-order valence-electron chi connectivity index (χ4n) is 2.79. The van der Waals surface area contributed by atoms with Crippen LogP contribution in [0.5, 0.6) is 5.75 Å². The van der Waals surface area contributed by atoms with Crippen molar-refractivity contribution >= 4 is 11.6 Å². The molecule has 2 aromatic rings. The molecule has 1 aromatic heterocycles. The molecule has 0 saturated carbocycles. The van der Waals surface area contributed by atoms with Crippen molar-refractivity contribution < 1.29 is 9.13 Å². The van der Waals surface area contributed by atoms with Crippen molar-refractivity contribution in [2.45, 2.75) is 19.4 Å². The second-order valence-electron chi connectivity index (χ2n) is 5.66. The van der Waals surface area contributed by atoms with Gasteiger partial charge in [-0.25, -0.2) is 4.39 Å². The van der Waals surface area contributed by atoms with Crippen molar-refractivity contribution in [1.82, 2.24) is 10.3 Å². The molecule has 0 spiro atoms. The highest BCUT2D eigenvalue weighted by molar-refractivity contribution is 6.32. The zero-order valence-electron chi connectivity index (χ0n) is 12.4. The van der Waals surface area contributed by atoms with Gasteiger partial charge >= 0.3 is 0 Å². The lowest BCUT2D eigenvalue weighted by Gasteiger charge is -2.25. The van der Waals surface area contributed by atoms with Crippen molar-refractivity contribution in [3.05, 3.63) is 58.6 Å². The number of hydrogen-bond donors (Lipinski definition) is 1. The van der Waals surface area contributed by atoms with Gasteiger partial charge in [-0.15, -0.1) is 0 Å². The molecular formula is C17H18ClFN2O. The number of hydrogen-bond acceptors (Lipinski definition) is 3. The summed E-state index contributed by atoms with van der Waals surface area (Å²) in [7, 11) is 0. The molecule has 1 N–H and O–H groups in total. The Hall–Kier alpha value is -1.65. The zero-order valence-corrected chi connectivity index (χ0v) is 13.1. The Morgan fingerprint density at radius 3 is 2.91 bits per heavy atom. The summed E-state index contributed by atoms with van der Waals surface area (Å²) in [6.07, 6.45) is 3.57. The van der Waals surface area contributed by atoms with Gasteiger partial charge in [0, 0.05) is 24.2 Å². The maximum Gasteiger partial charge on any atom is 0.141 e. The molecule has 1 aliphatic rings. The van der Waals surface area contributed by atoms with E-state index in [-0.39, 0.29) is 17.8 Å². The van der Waals surface area contributed by atoms with E-state index >= 15 is 0 Å². The zero-order chi connectivity index (χ0) is 15.5. The number of aromatic nitrogens is 1. The monoisotopic (exact) mass is 320 g/mol. The van der Waals surface area contributed by atoms with Crippen molar-refractivity contribution in [2.24, 2.45) is 5.92 Å². The molecule has 1 aliphatic heterocycles. The first-order valence-corrected chi connectivity index (χ1v) is 7.75. The number of pyridine rings is 1. The van der Waals surface area contributed by atoms with Crippen LogP contribution in [-0.2, 0) is 0 Å². The van der Waals surface area contributed by atoms with E-state index in [0.717, 1.165) is 30.6 Å². The normalized spacial score (nSPS) is 19.1. The van der Waals surface area contributed by atoms with Crippen molar-refractivity contribution in [3.8, 4) is 5.75 Å². The second-order valence-corrected chi connectivity index (χ2v) is 6.07. The first-order chi connectivity index (χ1) is 10.6. The van der Waals surface area contributed by atoms with Crippen LogP contribution in [0.4, 0.5) is 4.39 Å². The van der Waals surface area contributed by atoms with Gasteiger partial charge in [-0.1, -0.05) is 17.7 Å². The summed E-state index contributed by atoms with van der Waals surface area (Å²) in [5.41, 5.74) is 1.81. The molecule has 2 unspecified atom stereocenters. The van der Waals surface area contributed by atoms with E-state index in [0.29, 0.717) is 10.8 Å². The standard InChI is InChI=1S/C17H18ClFN2O/c1-11-2-3-16(15(18)6-11)22-17(12-4-5-20-8-12)13-7-14(19)10-21-9-13/h2-3,6-7,9-10,12,17,20H,4-5,8H2,1H3. The molecule has 0 bridgehead atoms. The lowest BCUT2D eigenvalue weighted by Crippen LogP contribution is -2.22. The van der Waals surface area contributed by atoms with Crippen molar-refractivity contribution in [2.75, 3.05) is 13.1 Å². The highest BCUT2D eigenvalue weighted by atomic mass is 35.5. The van der Waals surface area contributed by atoms with Crippen LogP contribution >= 0.6 is 11.6 Å². The van der Waals surface area contributed by atoms with Crippen LogP contribution in [0.15, 0.2) is 36.7 Å². The summed E-state index contributed by atoms with van der Waals surface area (Å²) in [6.45, 7) is 3.75. The minimum atomic E-state index is -0.355. The average molecular weight is 321 g/mol. The highest BCUT2D eigenvalue weighted by Crippen LogP contribution is 2.35. The average Bonchev–Trinajstić information content (AvgIpc) is 3.00. The largest absolute Gasteiger partial charge is 0.484 e. The molecule has 1 aromatic carbocycles. The number of halogens is 2. The first-order valence-electron chi connectivity index (χ1n) is 7.37. The van der Waals surface area contributed by atoms with Gasteiger partial charge in [-0.2, -0.15) is 0 Å². The Morgan fingerprint density at radius 1 is 1.36 bits per heavy atom. The molecule has 0 aliphatic carbocycles. The lowest BCUT2D eigenvalue weighted by molar-refractivity contribution is 0.144. The molecule has 1 saturated heterocycles. The van der Waals surface area contributed by atoms with E-state index in [1.54, 1.807) is 6.20 Å². The van der Waals surface area contributed by atoms with Crippen LogP contribution in [0.2, 0.25) is 5.02 Å². The van der Waals surface area contributed by atoms with Crippen molar-refractivity contribution in [3.63, 3.8) is 0 Å². The summed E-state index contributed by atoms with van der Waals surface area (Å²) in [5, 5.41) is 3.89. The van der Waals surface area contributed by atoms with E-state index in [1.165, 1.54) is 12.3 Å². The van der Waals surface area contributed by atoms with E-state index in [2.05, 4.69) is 10.3 Å². The number of nitrogens with one attached hydrogen (secondary N) is 1. The van der Waals surface area contributed by atoms with Crippen LogP contribution in [0.1, 0.15) is 23.7 Å². The summed E-state index contributed by atoms with van der Waals surface area (Å²) >= 11 is 6.27. The smallest absolute Gasteiger partial charge is 0.141 e. The van der Waals surface area contributed by atoms with E-state index in [4.69, 9.17) is 16.3 Å². The predicted molar refractivity (Wildman–Crippen MR) is 84.7 cm³/mol.